The highest BCUT2D eigenvalue weighted by atomic mass is 16.5. The Morgan fingerprint density at radius 1 is 1.00 bits per heavy atom. The van der Waals surface area contributed by atoms with Crippen LogP contribution in [-0.4, -0.2) is 43.8 Å². The molecule has 1 heterocycles. The minimum Gasteiger partial charge on any atom is -0.497 e. The van der Waals surface area contributed by atoms with Crippen LogP contribution in [0.2, 0.25) is 0 Å². The number of ether oxygens (including phenoxy) is 3. The fourth-order valence-electron chi connectivity index (χ4n) is 3.09. The molecule has 0 aliphatic carbocycles. The van der Waals surface area contributed by atoms with Gasteiger partial charge in [0.05, 0.1) is 19.7 Å². The molecule has 0 amide bonds. The number of carbonyl (C=O) groups excluding carboxylic acids is 1. The van der Waals surface area contributed by atoms with Gasteiger partial charge in [-0.05, 0) is 49.2 Å². The van der Waals surface area contributed by atoms with E-state index in [0.717, 1.165) is 41.0 Å². The number of fused-ring (bicyclic) bond motifs is 1. The van der Waals surface area contributed by atoms with Gasteiger partial charge < -0.3 is 19.1 Å². The maximum Gasteiger partial charge on any atom is 0.305 e. The van der Waals surface area contributed by atoms with Crippen LogP contribution in [0.5, 0.6) is 5.75 Å². The molecule has 0 saturated heterocycles. The molecule has 0 saturated carbocycles. The van der Waals surface area contributed by atoms with E-state index >= 15 is 0 Å². The summed E-state index contributed by atoms with van der Waals surface area (Å²) in [5.41, 5.74) is 1.86. The first-order valence-electron chi connectivity index (χ1n) is 9.90. The molecule has 3 aromatic rings. The number of hydrogen-bond acceptors (Lipinski definition) is 7. The van der Waals surface area contributed by atoms with E-state index in [4.69, 9.17) is 14.5 Å². The average molecular weight is 409 g/mol. The van der Waals surface area contributed by atoms with Gasteiger partial charge in [0.25, 0.3) is 0 Å². The van der Waals surface area contributed by atoms with Crippen LogP contribution in [0, 0.1) is 0 Å². The monoisotopic (exact) mass is 409 g/mol. The smallest absolute Gasteiger partial charge is 0.305 e. The molecular weight excluding hydrogens is 382 g/mol. The zero-order chi connectivity index (χ0) is 21.3. The van der Waals surface area contributed by atoms with Gasteiger partial charge in [-0.25, -0.2) is 9.97 Å². The van der Waals surface area contributed by atoms with Gasteiger partial charge in [0, 0.05) is 31.1 Å². The topological polar surface area (TPSA) is 73.8 Å². The van der Waals surface area contributed by atoms with Crippen molar-refractivity contribution in [2.75, 3.05) is 32.8 Å². The van der Waals surface area contributed by atoms with Gasteiger partial charge in [0.1, 0.15) is 18.2 Å². The van der Waals surface area contributed by atoms with E-state index in [1.54, 1.807) is 7.11 Å². The Labute approximate surface area is 176 Å². The summed E-state index contributed by atoms with van der Waals surface area (Å²) >= 11 is 0. The van der Waals surface area contributed by atoms with Crippen molar-refractivity contribution in [2.45, 2.75) is 25.9 Å². The minimum atomic E-state index is -0.195. The summed E-state index contributed by atoms with van der Waals surface area (Å²) < 4.78 is 15.6. The van der Waals surface area contributed by atoms with Gasteiger partial charge in [-0.15, -0.1) is 0 Å². The van der Waals surface area contributed by atoms with Crippen molar-refractivity contribution in [1.82, 2.24) is 9.97 Å². The molecule has 30 heavy (non-hydrogen) atoms. The Morgan fingerprint density at radius 3 is 2.50 bits per heavy atom. The van der Waals surface area contributed by atoms with Gasteiger partial charge in [-0.1, -0.05) is 12.1 Å². The fraction of sp³-hybridized carbons (Fsp3) is 0.348. The first-order valence-corrected chi connectivity index (χ1v) is 9.90. The molecule has 0 aliphatic heterocycles. The molecule has 0 bridgehead atoms. The van der Waals surface area contributed by atoms with Crippen LogP contribution >= 0.6 is 0 Å². The second-order valence-electron chi connectivity index (χ2n) is 6.82. The van der Waals surface area contributed by atoms with Gasteiger partial charge in [0.15, 0.2) is 5.82 Å². The number of hydrogen-bond donors (Lipinski definition) is 0. The third kappa shape index (κ3) is 5.45. The second-order valence-corrected chi connectivity index (χ2v) is 6.82. The summed E-state index contributed by atoms with van der Waals surface area (Å²) in [5.74, 6) is 2.05. The van der Waals surface area contributed by atoms with E-state index in [0.29, 0.717) is 25.5 Å². The van der Waals surface area contributed by atoms with Crippen LogP contribution in [-0.2, 0) is 20.9 Å². The minimum absolute atomic E-state index is 0.195. The maximum absolute atomic E-state index is 11.1. The second kappa shape index (κ2) is 10.5. The molecule has 2 aromatic carbocycles. The normalized spacial score (nSPS) is 10.8. The highest BCUT2D eigenvalue weighted by molar-refractivity contribution is 5.91. The van der Waals surface area contributed by atoms with Crippen molar-refractivity contribution in [3.8, 4) is 5.75 Å². The number of rotatable bonds is 10. The summed E-state index contributed by atoms with van der Waals surface area (Å²) in [7, 11) is 5.03. The van der Waals surface area contributed by atoms with Gasteiger partial charge in [-0.3, -0.25) is 4.79 Å². The number of esters is 1. The summed E-state index contributed by atoms with van der Waals surface area (Å²) in [6.45, 7) is 0.851. The van der Waals surface area contributed by atoms with Gasteiger partial charge >= 0.3 is 5.97 Å². The number of methoxy groups -OCH3 is 2. The van der Waals surface area contributed by atoms with Crippen molar-refractivity contribution >= 4 is 28.4 Å². The largest absolute Gasteiger partial charge is 0.497 e. The number of unbranched alkanes of at least 4 members (excludes halogenated alkanes) is 1. The number of benzene rings is 2. The van der Waals surface area contributed by atoms with Crippen LogP contribution in [0.4, 0.5) is 11.5 Å². The molecule has 0 spiro atoms. The number of para-hydroxylation sites is 1. The average Bonchev–Trinajstić information content (AvgIpc) is 2.80. The number of nitrogens with zero attached hydrogens (tertiary/aromatic N) is 3. The number of carbonyl (C=O) groups is 1. The molecule has 0 unspecified atom stereocenters. The summed E-state index contributed by atoms with van der Waals surface area (Å²) in [6, 6.07) is 15.8. The SMILES string of the molecule is COC(=O)CCCCOCc1nc(N(C)c2ccc(OC)cc2)c2ccccc2n1. The number of anilines is 2. The van der Waals surface area contributed by atoms with E-state index in [1.165, 1.54) is 7.11 Å². The Morgan fingerprint density at radius 2 is 1.77 bits per heavy atom. The Bertz CT molecular complexity index is 976. The molecule has 158 valence electrons. The molecule has 0 aliphatic rings. The van der Waals surface area contributed by atoms with E-state index in [2.05, 4.69) is 9.72 Å². The van der Waals surface area contributed by atoms with E-state index in [-0.39, 0.29) is 5.97 Å². The third-order valence-electron chi connectivity index (χ3n) is 4.79. The van der Waals surface area contributed by atoms with Crippen molar-refractivity contribution < 1.29 is 19.0 Å². The van der Waals surface area contributed by atoms with E-state index in [1.807, 2.05) is 60.5 Å². The fourth-order valence-corrected chi connectivity index (χ4v) is 3.09. The summed E-state index contributed by atoms with van der Waals surface area (Å²) in [5, 5.41) is 0.970. The van der Waals surface area contributed by atoms with Crippen LogP contribution in [0.1, 0.15) is 25.1 Å². The first kappa shape index (κ1) is 21.5. The lowest BCUT2D eigenvalue weighted by molar-refractivity contribution is -0.140. The highest BCUT2D eigenvalue weighted by Gasteiger charge is 2.13. The summed E-state index contributed by atoms with van der Waals surface area (Å²) in [6.07, 6.45) is 1.92. The summed E-state index contributed by atoms with van der Waals surface area (Å²) in [4.78, 5) is 22.6. The van der Waals surface area contributed by atoms with Crippen molar-refractivity contribution in [1.29, 1.82) is 0 Å². The van der Waals surface area contributed by atoms with Crippen molar-refractivity contribution in [2.24, 2.45) is 0 Å². The third-order valence-corrected chi connectivity index (χ3v) is 4.79. The molecule has 0 N–H and O–H groups in total. The predicted molar refractivity (Wildman–Crippen MR) is 116 cm³/mol. The molecule has 7 heteroatoms. The molecular formula is C23H27N3O4. The van der Waals surface area contributed by atoms with Crippen molar-refractivity contribution in [3.63, 3.8) is 0 Å². The van der Waals surface area contributed by atoms with Crippen LogP contribution in [0.25, 0.3) is 10.9 Å². The van der Waals surface area contributed by atoms with Gasteiger partial charge in [0.2, 0.25) is 0 Å². The highest BCUT2D eigenvalue weighted by Crippen LogP contribution is 2.29. The van der Waals surface area contributed by atoms with Crippen LogP contribution in [0.15, 0.2) is 48.5 Å². The quantitative estimate of drug-likeness (QED) is 0.366. The number of aromatic nitrogens is 2. The van der Waals surface area contributed by atoms with Crippen LogP contribution in [0.3, 0.4) is 0 Å². The lowest BCUT2D eigenvalue weighted by atomic mass is 10.2. The Hall–Kier alpha value is -3.19. The maximum atomic E-state index is 11.1. The molecule has 0 fully saturated rings. The van der Waals surface area contributed by atoms with Crippen LogP contribution < -0.4 is 9.64 Å². The zero-order valence-corrected chi connectivity index (χ0v) is 17.6. The first-order chi connectivity index (χ1) is 14.6. The van der Waals surface area contributed by atoms with Gasteiger partial charge in [-0.2, -0.15) is 0 Å². The van der Waals surface area contributed by atoms with E-state index in [9.17, 15) is 4.79 Å². The van der Waals surface area contributed by atoms with Crippen molar-refractivity contribution in [3.05, 3.63) is 54.4 Å². The zero-order valence-electron chi connectivity index (χ0n) is 17.6. The molecule has 3 rings (SSSR count). The lowest BCUT2D eigenvalue weighted by Gasteiger charge is -2.21. The molecule has 0 atom stereocenters. The predicted octanol–water partition coefficient (Wildman–Crippen LogP) is 4.27. The Kier molecular flexibility index (Phi) is 7.57. The molecule has 1 aromatic heterocycles. The standard InChI is InChI=1S/C23H27N3O4/c1-26(17-11-13-18(28-2)14-12-17)23-19-8-4-5-9-20(19)24-21(25-23)16-30-15-7-6-10-22(27)29-3/h4-5,8-9,11-14H,6-7,10,15-16H2,1-3H3. The lowest BCUT2D eigenvalue weighted by Crippen LogP contribution is -2.14. The Balaban J connectivity index is 1.73. The van der Waals surface area contributed by atoms with E-state index < -0.39 is 0 Å². The molecule has 7 nitrogen and oxygen atoms in total. The molecule has 0 radical (unpaired) electrons.